The first kappa shape index (κ1) is 12.1. The summed E-state index contributed by atoms with van der Waals surface area (Å²) >= 11 is 0. The molecule has 2 heterocycles. The van der Waals surface area contributed by atoms with Crippen molar-refractivity contribution in [3.05, 3.63) is 35.7 Å². The molecule has 94 valence electrons. The molecule has 0 unspecified atom stereocenters. The van der Waals surface area contributed by atoms with Crippen molar-refractivity contribution >= 4 is 5.70 Å². The molecule has 0 saturated carbocycles. The first-order valence-electron chi connectivity index (χ1n) is 6.24. The van der Waals surface area contributed by atoms with Crippen LogP contribution in [-0.4, -0.2) is 18.2 Å². The maximum atomic E-state index is 5.91. The van der Waals surface area contributed by atoms with E-state index in [9.17, 15) is 0 Å². The number of allylic oxidation sites excluding steroid dienone is 1. The smallest absolute Gasteiger partial charge is 0.0468 e. The molecular formula is C14H22N2O. The molecule has 1 saturated heterocycles. The average molecular weight is 234 g/mol. The number of aromatic nitrogens is 1. The maximum Gasteiger partial charge on any atom is 0.0468 e. The lowest BCUT2D eigenvalue weighted by atomic mass is 9.94. The summed E-state index contributed by atoms with van der Waals surface area (Å²) in [5, 5.41) is 0. The zero-order chi connectivity index (χ0) is 12.1. The van der Waals surface area contributed by atoms with Crippen LogP contribution in [0.1, 0.15) is 32.4 Å². The van der Waals surface area contributed by atoms with Crippen molar-refractivity contribution in [3.8, 4) is 0 Å². The van der Waals surface area contributed by atoms with Gasteiger partial charge in [0.25, 0.3) is 0 Å². The second-order valence-electron chi connectivity index (χ2n) is 4.54. The van der Waals surface area contributed by atoms with Crippen LogP contribution in [0.2, 0.25) is 0 Å². The normalized spacial score (nSPS) is 18.3. The molecule has 0 spiro atoms. The van der Waals surface area contributed by atoms with Gasteiger partial charge in [-0.05, 0) is 44.2 Å². The lowest BCUT2D eigenvalue weighted by molar-refractivity contribution is 0.0663. The highest BCUT2D eigenvalue weighted by atomic mass is 16.5. The molecule has 1 aliphatic rings. The Hall–Kier alpha value is -1.35. The highest BCUT2D eigenvalue weighted by Gasteiger charge is 2.15. The van der Waals surface area contributed by atoms with Crippen LogP contribution in [0, 0.1) is 5.92 Å². The van der Waals surface area contributed by atoms with E-state index in [1.807, 2.05) is 25.3 Å². The molecule has 1 fully saturated rings. The first-order chi connectivity index (χ1) is 8.29. The van der Waals surface area contributed by atoms with Crippen molar-refractivity contribution in [2.75, 3.05) is 13.2 Å². The summed E-state index contributed by atoms with van der Waals surface area (Å²) in [4.78, 5) is 4.43. The number of ether oxygens (including phenoxy) is 1. The van der Waals surface area contributed by atoms with Gasteiger partial charge in [0.2, 0.25) is 0 Å². The Kier molecular flexibility index (Phi) is 4.15. The van der Waals surface area contributed by atoms with Crippen molar-refractivity contribution in [2.24, 2.45) is 11.7 Å². The number of nitrogens with zero attached hydrogens (tertiary/aromatic N) is 1. The summed E-state index contributed by atoms with van der Waals surface area (Å²) < 4.78 is 5.37. The van der Waals surface area contributed by atoms with E-state index in [0.29, 0.717) is 5.92 Å². The van der Waals surface area contributed by atoms with Crippen molar-refractivity contribution in [1.82, 2.24) is 4.98 Å². The highest BCUT2D eigenvalue weighted by molar-refractivity contribution is 5.62. The van der Waals surface area contributed by atoms with E-state index in [0.717, 1.165) is 49.4 Å². The molecule has 1 aliphatic heterocycles. The lowest BCUT2D eigenvalue weighted by Gasteiger charge is -2.21. The summed E-state index contributed by atoms with van der Waals surface area (Å²) in [5.41, 5.74) is 8.94. The number of hydrogen-bond donors (Lipinski definition) is 1. The Bertz CT molecular complexity index is 401. The van der Waals surface area contributed by atoms with Crippen molar-refractivity contribution in [1.29, 1.82) is 0 Å². The highest BCUT2D eigenvalue weighted by Crippen LogP contribution is 2.20. The van der Waals surface area contributed by atoms with Crippen LogP contribution < -0.4 is 5.73 Å². The summed E-state index contributed by atoms with van der Waals surface area (Å²) in [5.74, 6) is 0.707. The van der Waals surface area contributed by atoms with Crippen LogP contribution in [0.25, 0.3) is 5.70 Å². The SMILES string of the molecule is C/C=C(\N)c1ccnc(CC2CCOCC2)c1.[HH]. The van der Waals surface area contributed by atoms with Crippen LogP contribution in [0.3, 0.4) is 0 Å². The molecule has 2 N–H and O–H groups in total. The maximum absolute atomic E-state index is 5.91. The molecule has 3 heteroatoms. The molecule has 1 aromatic heterocycles. The van der Waals surface area contributed by atoms with Crippen LogP contribution in [0.4, 0.5) is 0 Å². The predicted octanol–water partition coefficient (Wildman–Crippen LogP) is 2.62. The minimum atomic E-state index is 0. The average Bonchev–Trinajstić information content (AvgIpc) is 2.39. The Morgan fingerprint density at radius 3 is 3.06 bits per heavy atom. The molecule has 0 aliphatic carbocycles. The van der Waals surface area contributed by atoms with Gasteiger partial charge in [0.15, 0.2) is 0 Å². The third-order valence-electron chi connectivity index (χ3n) is 3.30. The predicted molar refractivity (Wildman–Crippen MR) is 71.4 cm³/mol. The van der Waals surface area contributed by atoms with Gasteiger partial charge in [-0.2, -0.15) is 0 Å². The Balaban J connectivity index is 0.00000162. The van der Waals surface area contributed by atoms with Crippen molar-refractivity contribution in [3.63, 3.8) is 0 Å². The van der Waals surface area contributed by atoms with E-state index in [4.69, 9.17) is 10.5 Å². The third-order valence-corrected chi connectivity index (χ3v) is 3.30. The third kappa shape index (κ3) is 3.30. The molecule has 3 nitrogen and oxygen atoms in total. The van der Waals surface area contributed by atoms with Crippen LogP contribution in [0.15, 0.2) is 24.4 Å². The fraction of sp³-hybridized carbons (Fsp3) is 0.500. The topological polar surface area (TPSA) is 48.1 Å². The van der Waals surface area contributed by atoms with E-state index in [1.165, 1.54) is 0 Å². The van der Waals surface area contributed by atoms with E-state index in [-0.39, 0.29) is 1.43 Å². The van der Waals surface area contributed by atoms with Gasteiger partial charge in [-0.1, -0.05) is 6.08 Å². The largest absolute Gasteiger partial charge is 0.399 e. The van der Waals surface area contributed by atoms with Gasteiger partial charge < -0.3 is 10.5 Å². The van der Waals surface area contributed by atoms with Gasteiger partial charge in [0, 0.05) is 37.8 Å². The van der Waals surface area contributed by atoms with E-state index in [1.54, 1.807) is 0 Å². The number of rotatable bonds is 3. The molecule has 0 radical (unpaired) electrons. The second kappa shape index (κ2) is 5.82. The first-order valence-corrected chi connectivity index (χ1v) is 6.24. The van der Waals surface area contributed by atoms with Gasteiger partial charge in [-0.25, -0.2) is 0 Å². The van der Waals surface area contributed by atoms with Crippen molar-refractivity contribution < 1.29 is 6.16 Å². The molecule has 1 aromatic rings. The fourth-order valence-corrected chi connectivity index (χ4v) is 2.18. The number of nitrogens with two attached hydrogens (primary N) is 1. The van der Waals surface area contributed by atoms with Gasteiger partial charge in [0.05, 0.1) is 0 Å². The van der Waals surface area contributed by atoms with Gasteiger partial charge in [0.1, 0.15) is 0 Å². The number of pyridine rings is 1. The van der Waals surface area contributed by atoms with Crippen LogP contribution in [-0.2, 0) is 11.2 Å². The Morgan fingerprint density at radius 2 is 2.35 bits per heavy atom. The summed E-state index contributed by atoms with van der Waals surface area (Å²) in [6.07, 6.45) is 7.10. The van der Waals surface area contributed by atoms with Crippen LogP contribution >= 0.6 is 0 Å². The standard InChI is InChI=1S/C14H20N2O.H2/c1-2-14(15)12-3-6-16-13(10-12)9-11-4-7-17-8-5-11;/h2-3,6,10-11H,4-5,7-9,15H2,1H3;1H/b14-2-;. The summed E-state index contributed by atoms with van der Waals surface area (Å²) in [6, 6.07) is 4.06. The lowest BCUT2D eigenvalue weighted by Crippen LogP contribution is -2.18. The summed E-state index contributed by atoms with van der Waals surface area (Å²) in [7, 11) is 0. The monoisotopic (exact) mass is 234 g/mol. The quantitative estimate of drug-likeness (QED) is 0.874. The molecule has 17 heavy (non-hydrogen) atoms. The minimum Gasteiger partial charge on any atom is -0.399 e. The molecule has 0 bridgehead atoms. The van der Waals surface area contributed by atoms with Gasteiger partial charge >= 0.3 is 0 Å². The molecule has 0 aromatic carbocycles. The minimum absolute atomic E-state index is 0. The molecule has 0 atom stereocenters. The summed E-state index contributed by atoms with van der Waals surface area (Å²) in [6.45, 7) is 3.73. The van der Waals surface area contributed by atoms with E-state index >= 15 is 0 Å². The van der Waals surface area contributed by atoms with Gasteiger partial charge in [-0.3, -0.25) is 4.98 Å². The Morgan fingerprint density at radius 1 is 1.59 bits per heavy atom. The van der Waals surface area contributed by atoms with Crippen LogP contribution in [0.5, 0.6) is 0 Å². The molecule has 0 amide bonds. The van der Waals surface area contributed by atoms with Gasteiger partial charge in [-0.15, -0.1) is 0 Å². The molecule has 2 rings (SSSR count). The Labute approximate surface area is 104 Å². The second-order valence-corrected chi connectivity index (χ2v) is 4.54. The van der Waals surface area contributed by atoms with E-state index in [2.05, 4.69) is 11.1 Å². The zero-order valence-electron chi connectivity index (χ0n) is 10.4. The fourth-order valence-electron chi connectivity index (χ4n) is 2.18. The van der Waals surface area contributed by atoms with E-state index < -0.39 is 0 Å². The zero-order valence-corrected chi connectivity index (χ0v) is 10.4. The van der Waals surface area contributed by atoms with Crippen molar-refractivity contribution in [2.45, 2.75) is 26.2 Å². The molecular weight excluding hydrogens is 212 g/mol. The number of hydrogen-bond acceptors (Lipinski definition) is 3.